The van der Waals surface area contributed by atoms with Gasteiger partial charge >= 0.3 is 0 Å². The average molecular weight is 511 g/mol. The first kappa shape index (κ1) is 20.5. The van der Waals surface area contributed by atoms with Gasteiger partial charge in [-0.25, -0.2) is 13.8 Å². The fourth-order valence-corrected chi connectivity index (χ4v) is 4.42. The Kier molecular flexibility index (Phi) is 5.28. The number of aromatic nitrogens is 2. The summed E-state index contributed by atoms with van der Waals surface area (Å²) < 4.78 is 31.6. The van der Waals surface area contributed by atoms with Gasteiger partial charge in [0.25, 0.3) is 0 Å². The van der Waals surface area contributed by atoms with E-state index in [4.69, 9.17) is 0 Å². The summed E-state index contributed by atoms with van der Waals surface area (Å²) in [6, 6.07) is 19.4. The minimum Gasteiger partial charge on any atom is -0.492 e. The predicted octanol–water partition coefficient (Wildman–Crippen LogP) is 7.89. The van der Waals surface area contributed by atoms with Crippen LogP contribution in [0.1, 0.15) is 0 Å². The molecule has 5 aromatic rings. The summed E-state index contributed by atoms with van der Waals surface area (Å²) >= 11 is 4.43. The molecule has 158 valence electrons. The highest BCUT2D eigenvalue weighted by atomic mass is 79.9. The van der Waals surface area contributed by atoms with Crippen molar-refractivity contribution in [2.75, 3.05) is 0 Å². The van der Waals surface area contributed by atoms with E-state index in [0.29, 0.717) is 10.6 Å². The molecule has 5 nitrogen and oxygen atoms in total. The smallest absolute Gasteiger partial charge is 0.237 e. The van der Waals surface area contributed by atoms with Crippen LogP contribution >= 0.6 is 27.3 Å². The highest BCUT2D eigenvalue weighted by Gasteiger charge is 2.25. The summed E-state index contributed by atoms with van der Waals surface area (Å²) in [6.07, 6.45) is 0. The molecule has 9 heteroatoms. The van der Waals surface area contributed by atoms with Gasteiger partial charge in [-0.2, -0.15) is 0 Å². The third-order valence-electron chi connectivity index (χ3n) is 4.78. The largest absolute Gasteiger partial charge is 0.492 e. The van der Waals surface area contributed by atoms with Crippen LogP contribution in [-0.4, -0.2) is 14.5 Å². The van der Waals surface area contributed by atoms with Gasteiger partial charge in [-0.15, -0.1) is 10.2 Å². The second-order valence-electron chi connectivity index (χ2n) is 6.79. The molecular formula is C23H13BrF2N4OS. The maximum atomic E-state index is 14.8. The summed E-state index contributed by atoms with van der Waals surface area (Å²) in [7, 11) is 0. The SMILES string of the molecule is Oc1c(N=Nc2ccc(Br)cc2)sc2nc(-c3ccccc3F)c(-c3ccccc3F)n12. The maximum Gasteiger partial charge on any atom is 0.237 e. The van der Waals surface area contributed by atoms with Gasteiger partial charge in [0.2, 0.25) is 10.9 Å². The molecule has 0 radical (unpaired) electrons. The third kappa shape index (κ3) is 3.59. The van der Waals surface area contributed by atoms with Crippen molar-refractivity contribution in [3.8, 4) is 28.4 Å². The average Bonchev–Trinajstić information content (AvgIpc) is 3.30. The molecule has 3 aromatic carbocycles. The Morgan fingerprint density at radius 3 is 2.12 bits per heavy atom. The lowest BCUT2D eigenvalue weighted by Gasteiger charge is -2.07. The Hall–Kier alpha value is -3.43. The zero-order chi connectivity index (χ0) is 22.2. The van der Waals surface area contributed by atoms with Crippen molar-refractivity contribution in [3.05, 3.63) is 88.9 Å². The van der Waals surface area contributed by atoms with Crippen molar-refractivity contribution in [2.24, 2.45) is 10.2 Å². The van der Waals surface area contributed by atoms with Crippen LogP contribution in [-0.2, 0) is 0 Å². The quantitative estimate of drug-likeness (QED) is 0.250. The van der Waals surface area contributed by atoms with Crippen molar-refractivity contribution in [1.29, 1.82) is 0 Å². The fourth-order valence-electron chi connectivity index (χ4n) is 3.31. The Bertz CT molecular complexity index is 1480. The Labute approximate surface area is 193 Å². The molecule has 2 aromatic heterocycles. The highest BCUT2D eigenvalue weighted by Crippen LogP contribution is 2.45. The Balaban J connectivity index is 1.71. The lowest BCUT2D eigenvalue weighted by molar-refractivity contribution is 0.451. The first-order valence-electron chi connectivity index (χ1n) is 9.44. The summed E-state index contributed by atoms with van der Waals surface area (Å²) in [5, 5.41) is 19.4. The first-order valence-corrected chi connectivity index (χ1v) is 11.0. The van der Waals surface area contributed by atoms with Crippen molar-refractivity contribution in [3.63, 3.8) is 0 Å². The van der Waals surface area contributed by atoms with Gasteiger partial charge < -0.3 is 5.11 Å². The van der Waals surface area contributed by atoms with E-state index in [-0.39, 0.29) is 33.4 Å². The third-order valence-corrected chi connectivity index (χ3v) is 6.22. The second-order valence-corrected chi connectivity index (χ2v) is 8.67. The maximum absolute atomic E-state index is 14.8. The lowest BCUT2D eigenvalue weighted by atomic mass is 10.0. The number of halogens is 3. The van der Waals surface area contributed by atoms with Gasteiger partial charge in [-0.1, -0.05) is 51.5 Å². The molecule has 5 rings (SSSR count). The van der Waals surface area contributed by atoms with E-state index in [1.165, 1.54) is 16.5 Å². The van der Waals surface area contributed by atoms with E-state index < -0.39 is 11.6 Å². The molecule has 2 heterocycles. The van der Waals surface area contributed by atoms with Gasteiger partial charge in [0.15, 0.2) is 4.96 Å². The highest BCUT2D eigenvalue weighted by molar-refractivity contribution is 9.10. The van der Waals surface area contributed by atoms with Crippen LogP contribution in [0.4, 0.5) is 19.5 Å². The Morgan fingerprint density at radius 2 is 1.47 bits per heavy atom. The van der Waals surface area contributed by atoms with Gasteiger partial charge in [0, 0.05) is 15.6 Å². The van der Waals surface area contributed by atoms with Gasteiger partial charge in [-0.05, 0) is 48.5 Å². The van der Waals surface area contributed by atoms with E-state index >= 15 is 0 Å². The molecule has 1 N–H and O–H groups in total. The normalized spacial score (nSPS) is 11.6. The van der Waals surface area contributed by atoms with E-state index in [2.05, 4.69) is 31.1 Å². The molecule has 0 amide bonds. The number of thiazole rings is 1. The molecule has 0 aliphatic carbocycles. The molecular weight excluding hydrogens is 498 g/mol. The van der Waals surface area contributed by atoms with Gasteiger partial charge in [0.05, 0.1) is 11.4 Å². The minimum absolute atomic E-state index is 0.183. The Morgan fingerprint density at radius 1 is 0.844 bits per heavy atom. The van der Waals surface area contributed by atoms with Crippen LogP contribution in [0.3, 0.4) is 0 Å². The van der Waals surface area contributed by atoms with Crippen molar-refractivity contribution < 1.29 is 13.9 Å². The number of hydrogen-bond donors (Lipinski definition) is 1. The van der Waals surface area contributed by atoms with Crippen molar-refractivity contribution >= 4 is 42.9 Å². The van der Waals surface area contributed by atoms with E-state index in [1.54, 1.807) is 48.5 Å². The number of rotatable bonds is 4. The fraction of sp³-hybridized carbons (Fsp3) is 0. The molecule has 0 atom stereocenters. The number of aromatic hydroxyl groups is 1. The standard InChI is InChI=1S/C23H13BrF2N4OS/c24-13-9-11-14(12-10-13)28-29-21-22(31)30-20(16-6-2-4-8-18(16)26)19(27-23(30)32-21)15-5-1-3-7-17(15)25/h1-12,31H. The van der Waals surface area contributed by atoms with E-state index in [1.807, 2.05) is 12.1 Å². The number of imidazole rings is 1. The number of benzene rings is 3. The zero-order valence-corrected chi connectivity index (χ0v) is 18.6. The second kappa shape index (κ2) is 8.25. The van der Waals surface area contributed by atoms with Gasteiger partial charge in [-0.3, -0.25) is 4.40 Å². The van der Waals surface area contributed by atoms with Gasteiger partial charge in [0.1, 0.15) is 17.3 Å². The molecule has 0 spiro atoms. The van der Waals surface area contributed by atoms with Crippen LogP contribution in [0.2, 0.25) is 0 Å². The van der Waals surface area contributed by atoms with Crippen LogP contribution in [0, 0.1) is 11.6 Å². The van der Waals surface area contributed by atoms with E-state index in [9.17, 15) is 13.9 Å². The molecule has 0 bridgehead atoms. The minimum atomic E-state index is -0.518. The first-order chi connectivity index (χ1) is 15.5. The van der Waals surface area contributed by atoms with E-state index in [0.717, 1.165) is 15.8 Å². The number of hydrogen-bond acceptors (Lipinski definition) is 5. The monoisotopic (exact) mass is 510 g/mol. The van der Waals surface area contributed by atoms with Crippen LogP contribution < -0.4 is 0 Å². The van der Waals surface area contributed by atoms with Crippen LogP contribution in [0.5, 0.6) is 5.88 Å². The van der Waals surface area contributed by atoms with Crippen LogP contribution in [0.15, 0.2) is 87.5 Å². The lowest BCUT2D eigenvalue weighted by Crippen LogP contribution is -1.93. The molecule has 0 fully saturated rings. The number of fused-ring (bicyclic) bond motifs is 1. The number of nitrogens with zero attached hydrogens (tertiary/aromatic N) is 4. The zero-order valence-electron chi connectivity index (χ0n) is 16.2. The molecule has 0 saturated heterocycles. The predicted molar refractivity (Wildman–Crippen MR) is 124 cm³/mol. The number of azo groups is 1. The summed E-state index contributed by atoms with van der Waals surface area (Å²) in [5.74, 6) is -1.26. The summed E-state index contributed by atoms with van der Waals surface area (Å²) in [4.78, 5) is 4.85. The van der Waals surface area contributed by atoms with Crippen LogP contribution in [0.25, 0.3) is 27.5 Å². The topological polar surface area (TPSA) is 62.2 Å². The van der Waals surface area contributed by atoms with Crippen molar-refractivity contribution in [2.45, 2.75) is 0 Å². The molecule has 0 aliphatic rings. The molecule has 0 unspecified atom stereocenters. The molecule has 32 heavy (non-hydrogen) atoms. The molecule has 0 aliphatic heterocycles. The van der Waals surface area contributed by atoms with Crippen molar-refractivity contribution in [1.82, 2.24) is 9.38 Å². The summed E-state index contributed by atoms with van der Waals surface area (Å²) in [6.45, 7) is 0. The molecule has 0 saturated carbocycles. The summed E-state index contributed by atoms with van der Waals surface area (Å²) in [5.41, 5.74) is 1.45.